The molecular formula is C37H43N3O6. The summed E-state index contributed by atoms with van der Waals surface area (Å²) in [7, 11) is 1.35. The minimum absolute atomic E-state index is 0.0561. The van der Waals surface area contributed by atoms with Gasteiger partial charge in [-0.25, -0.2) is 9.59 Å². The van der Waals surface area contributed by atoms with Crippen LogP contribution in [0.3, 0.4) is 0 Å². The summed E-state index contributed by atoms with van der Waals surface area (Å²) >= 11 is 0. The quantitative estimate of drug-likeness (QED) is 0.189. The zero-order chi connectivity index (χ0) is 32.1. The molecule has 3 N–H and O–H groups in total. The number of urea groups is 1. The van der Waals surface area contributed by atoms with Crippen LogP contribution in [-0.4, -0.2) is 43.7 Å². The molecule has 0 aliphatic heterocycles. The van der Waals surface area contributed by atoms with Crippen molar-refractivity contribution < 1.29 is 28.6 Å². The fourth-order valence-electron chi connectivity index (χ4n) is 7.96. The molecule has 46 heavy (non-hydrogen) atoms. The Balaban J connectivity index is 1.08. The first-order valence-electron chi connectivity index (χ1n) is 16.4. The highest BCUT2D eigenvalue weighted by Gasteiger charge is 2.51. The van der Waals surface area contributed by atoms with Gasteiger partial charge in [0.2, 0.25) is 0 Å². The summed E-state index contributed by atoms with van der Waals surface area (Å²) in [4.78, 5) is 37.9. The Kier molecular flexibility index (Phi) is 9.47. The number of hydrogen-bond donors (Lipinski definition) is 3. The van der Waals surface area contributed by atoms with E-state index < -0.39 is 12.1 Å². The molecule has 9 nitrogen and oxygen atoms in total. The summed E-state index contributed by atoms with van der Waals surface area (Å²) in [6, 6.07) is 21.2. The first-order chi connectivity index (χ1) is 22.3. The molecule has 1 unspecified atom stereocenters. The first-order valence-corrected chi connectivity index (χ1v) is 16.4. The van der Waals surface area contributed by atoms with Crippen molar-refractivity contribution in [1.82, 2.24) is 10.6 Å². The molecule has 4 saturated carbocycles. The number of methoxy groups -OCH3 is 1. The van der Waals surface area contributed by atoms with E-state index >= 15 is 0 Å². The maximum Gasteiger partial charge on any atom is 0.337 e. The van der Waals surface area contributed by atoms with Crippen molar-refractivity contribution >= 4 is 23.6 Å². The molecule has 9 heteroatoms. The zero-order valence-electron chi connectivity index (χ0n) is 26.6. The minimum Gasteiger partial charge on any atom is -0.494 e. The Bertz CT molecular complexity index is 1480. The highest BCUT2D eigenvalue weighted by molar-refractivity contribution is 6.04. The molecule has 4 fully saturated rings. The van der Waals surface area contributed by atoms with Crippen LogP contribution in [0, 0.1) is 17.8 Å². The normalized spacial score (nSPS) is 23.2. The highest BCUT2D eigenvalue weighted by atomic mass is 16.5. The average molecular weight is 626 g/mol. The molecule has 242 valence electrons. The SMILES string of the molecule is CCOc1ccc(NC(=O)c2ccc(OC(CCNC(=O)NC34CC5CC(CC(C5)C3)C4)c3ccc(C(=O)OC)cc3)cc2)cc1. The predicted octanol–water partition coefficient (Wildman–Crippen LogP) is 6.90. The van der Waals surface area contributed by atoms with E-state index in [2.05, 4.69) is 16.0 Å². The third-order valence-corrected chi connectivity index (χ3v) is 9.63. The van der Waals surface area contributed by atoms with Crippen LogP contribution >= 0.6 is 0 Å². The summed E-state index contributed by atoms with van der Waals surface area (Å²) in [5.74, 6) is 2.93. The molecular weight excluding hydrogens is 582 g/mol. The molecule has 0 radical (unpaired) electrons. The summed E-state index contributed by atoms with van der Waals surface area (Å²) in [6.07, 6.45) is 7.36. The van der Waals surface area contributed by atoms with Crippen LogP contribution in [0.15, 0.2) is 72.8 Å². The smallest absolute Gasteiger partial charge is 0.337 e. The highest BCUT2D eigenvalue weighted by Crippen LogP contribution is 2.55. The van der Waals surface area contributed by atoms with Gasteiger partial charge in [0.1, 0.15) is 17.6 Å². The molecule has 4 aliphatic rings. The number of amides is 3. The number of anilines is 1. The molecule has 0 saturated heterocycles. The maximum atomic E-state index is 13.1. The van der Waals surface area contributed by atoms with Crippen molar-refractivity contribution in [2.45, 2.75) is 63.5 Å². The van der Waals surface area contributed by atoms with Crippen LogP contribution in [0.1, 0.15) is 84.3 Å². The van der Waals surface area contributed by atoms with E-state index in [9.17, 15) is 14.4 Å². The van der Waals surface area contributed by atoms with Crippen LogP contribution in [0.25, 0.3) is 0 Å². The van der Waals surface area contributed by atoms with Gasteiger partial charge in [0.05, 0.1) is 19.3 Å². The second-order valence-corrected chi connectivity index (χ2v) is 13.0. The van der Waals surface area contributed by atoms with Crippen molar-refractivity contribution in [1.29, 1.82) is 0 Å². The molecule has 0 heterocycles. The lowest BCUT2D eigenvalue weighted by Gasteiger charge is -2.56. The van der Waals surface area contributed by atoms with Crippen LogP contribution in [0.2, 0.25) is 0 Å². The van der Waals surface area contributed by atoms with E-state index in [-0.39, 0.29) is 17.5 Å². The number of esters is 1. The fraction of sp³-hybridized carbons (Fsp3) is 0.432. The number of nitrogens with one attached hydrogen (secondary N) is 3. The third-order valence-electron chi connectivity index (χ3n) is 9.63. The van der Waals surface area contributed by atoms with E-state index in [0.29, 0.717) is 42.1 Å². The van der Waals surface area contributed by atoms with Crippen molar-refractivity contribution in [3.05, 3.63) is 89.5 Å². The molecule has 7 rings (SSSR count). The van der Waals surface area contributed by atoms with Gasteiger partial charge in [0.25, 0.3) is 5.91 Å². The second kappa shape index (κ2) is 13.8. The Morgan fingerprint density at radius 3 is 1.98 bits per heavy atom. The average Bonchev–Trinajstić information content (AvgIpc) is 3.04. The predicted molar refractivity (Wildman–Crippen MR) is 175 cm³/mol. The summed E-state index contributed by atoms with van der Waals surface area (Å²) in [6.45, 7) is 2.91. The van der Waals surface area contributed by atoms with Crippen molar-refractivity contribution in [3.8, 4) is 11.5 Å². The molecule has 4 aliphatic carbocycles. The van der Waals surface area contributed by atoms with Gasteiger partial charge in [-0.05, 0) is 129 Å². The Morgan fingerprint density at radius 2 is 1.39 bits per heavy atom. The molecule has 0 aromatic heterocycles. The molecule has 3 amide bonds. The van der Waals surface area contributed by atoms with Crippen LogP contribution in [0.5, 0.6) is 11.5 Å². The van der Waals surface area contributed by atoms with E-state index in [1.807, 2.05) is 31.2 Å². The maximum absolute atomic E-state index is 13.1. The summed E-state index contributed by atoms with van der Waals surface area (Å²) in [5, 5.41) is 9.34. The van der Waals surface area contributed by atoms with Crippen molar-refractivity contribution in [2.75, 3.05) is 25.6 Å². The van der Waals surface area contributed by atoms with Gasteiger partial charge in [-0.3, -0.25) is 4.79 Å². The van der Waals surface area contributed by atoms with E-state index in [1.165, 1.54) is 26.4 Å². The van der Waals surface area contributed by atoms with Gasteiger partial charge in [0, 0.05) is 29.8 Å². The number of carbonyl (C=O) groups is 3. The van der Waals surface area contributed by atoms with Gasteiger partial charge in [-0.15, -0.1) is 0 Å². The van der Waals surface area contributed by atoms with E-state index in [1.54, 1.807) is 48.5 Å². The summed E-state index contributed by atoms with van der Waals surface area (Å²) in [5.41, 5.74) is 2.40. The molecule has 4 bridgehead atoms. The number of rotatable bonds is 12. The first kappa shape index (κ1) is 31.5. The van der Waals surface area contributed by atoms with E-state index in [0.717, 1.165) is 48.3 Å². The Labute approximate surface area is 270 Å². The van der Waals surface area contributed by atoms with Crippen LogP contribution in [0.4, 0.5) is 10.5 Å². The number of benzene rings is 3. The van der Waals surface area contributed by atoms with E-state index in [4.69, 9.17) is 14.2 Å². The molecule has 0 spiro atoms. The van der Waals surface area contributed by atoms with Crippen molar-refractivity contribution in [2.24, 2.45) is 17.8 Å². The van der Waals surface area contributed by atoms with Gasteiger partial charge < -0.3 is 30.2 Å². The van der Waals surface area contributed by atoms with Gasteiger partial charge in [-0.1, -0.05) is 12.1 Å². The molecule has 3 aromatic rings. The topological polar surface area (TPSA) is 115 Å². The van der Waals surface area contributed by atoms with Crippen molar-refractivity contribution in [3.63, 3.8) is 0 Å². The Hall–Kier alpha value is -4.53. The van der Waals surface area contributed by atoms with Gasteiger partial charge in [0.15, 0.2) is 0 Å². The minimum atomic E-state index is -0.411. The number of hydrogen-bond acceptors (Lipinski definition) is 6. The second-order valence-electron chi connectivity index (χ2n) is 13.0. The zero-order valence-corrected chi connectivity index (χ0v) is 26.6. The lowest BCUT2D eigenvalue weighted by Crippen LogP contribution is -2.61. The van der Waals surface area contributed by atoms with Gasteiger partial charge in [-0.2, -0.15) is 0 Å². The third kappa shape index (κ3) is 7.46. The largest absolute Gasteiger partial charge is 0.494 e. The molecule has 3 aromatic carbocycles. The summed E-state index contributed by atoms with van der Waals surface area (Å²) < 4.78 is 16.7. The lowest BCUT2D eigenvalue weighted by atomic mass is 9.53. The molecule has 1 atom stereocenters. The number of carbonyl (C=O) groups excluding carboxylic acids is 3. The van der Waals surface area contributed by atoms with Crippen LogP contribution in [-0.2, 0) is 4.74 Å². The van der Waals surface area contributed by atoms with Gasteiger partial charge >= 0.3 is 12.0 Å². The monoisotopic (exact) mass is 625 g/mol. The number of ether oxygens (including phenoxy) is 3. The van der Waals surface area contributed by atoms with Crippen LogP contribution < -0.4 is 25.4 Å². The standard InChI is InChI=1S/C37H43N3O6/c1-3-45-31-14-10-30(11-15-31)39-34(41)28-8-12-32(13-9-28)46-33(27-4-6-29(7-5-27)35(42)44-2)16-17-38-36(43)40-37-21-24-18-25(22-37)20-26(19-24)23-37/h4-15,24-26,33H,3,16-23H2,1-2H3,(H,39,41)(H2,38,40,43). The fourth-order valence-corrected chi connectivity index (χ4v) is 7.96. The Morgan fingerprint density at radius 1 is 0.804 bits per heavy atom. The lowest BCUT2D eigenvalue weighted by molar-refractivity contribution is -0.0135.